The van der Waals surface area contributed by atoms with Gasteiger partial charge in [0, 0.05) is 11.4 Å². The van der Waals surface area contributed by atoms with Gasteiger partial charge in [-0.05, 0) is 25.5 Å². The van der Waals surface area contributed by atoms with Crippen molar-refractivity contribution in [2.75, 3.05) is 0 Å². The highest BCUT2D eigenvalue weighted by Crippen LogP contribution is 2.43. The molecule has 0 saturated heterocycles. The fourth-order valence-corrected chi connectivity index (χ4v) is 2.74. The van der Waals surface area contributed by atoms with Crippen LogP contribution in [0.3, 0.4) is 0 Å². The number of alkyl halides is 3. The van der Waals surface area contributed by atoms with E-state index in [0.717, 1.165) is 6.07 Å². The van der Waals surface area contributed by atoms with E-state index in [1.54, 1.807) is 0 Å². The SMILES string of the molecule is CC1=C(C#N)[C@@H](c2ccccc2C(F)(F)F)C(C(=O)O)=C(C)N1. The molecule has 2 rings (SSSR count). The van der Waals surface area contributed by atoms with E-state index < -0.39 is 23.6 Å². The Morgan fingerprint density at radius 1 is 1.26 bits per heavy atom. The first-order chi connectivity index (χ1) is 10.7. The van der Waals surface area contributed by atoms with Crippen LogP contribution in [0.4, 0.5) is 13.2 Å². The molecule has 1 aromatic carbocycles. The Labute approximate surface area is 130 Å². The van der Waals surface area contributed by atoms with Gasteiger partial charge in [-0.3, -0.25) is 0 Å². The van der Waals surface area contributed by atoms with E-state index in [0.29, 0.717) is 5.70 Å². The van der Waals surface area contributed by atoms with Crippen molar-refractivity contribution in [1.82, 2.24) is 5.32 Å². The summed E-state index contributed by atoms with van der Waals surface area (Å²) in [6.07, 6.45) is -4.65. The zero-order chi connectivity index (χ0) is 17.4. The van der Waals surface area contributed by atoms with Crippen molar-refractivity contribution < 1.29 is 23.1 Å². The minimum Gasteiger partial charge on any atom is -0.478 e. The smallest absolute Gasteiger partial charge is 0.416 e. The monoisotopic (exact) mass is 322 g/mol. The van der Waals surface area contributed by atoms with Gasteiger partial charge in [-0.15, -0.1) is 0 Å². The van der Waals surface area contributed by atoms with E-state index in [1.807, 2.05) is 6.07 Å². The first-order valence-corrected chi connectivity index (χ1v) is 6.66. The maximum Gasteiger partial charge on any atom is 0.416 e. The van der Waals surface area contributed by atoms with Crippen molar-refractivity contribution in [3.05, 3.63) is 57.9 Å². The van der Waals surface area contributed by atoms with E-state index in [1.165, 1.54) is 32.0 Å². The number of hydrogen-bond acceptors (Lipinski definition) is 3. The molecule has 2 N–H and O–H groups in total. The number of nitrogens with zero attached hydrogens (tertiary/aromatic N) is 1. The Balaban J connectivity index is 2.79. The summed E-state index contributed by atoms with van der Waals surface area (Å²) >= 11 is 0. The fourth-order valence-electron chi connectivity index (χ4n) is 2.74. The molecule has 1 atom stereocenters. The van der Waals surface area contributed by atoms with Gasteiger partial charge in [-0.2, -0.15) is 18.4 Å². The lowest BCUT2D eigenvalue weighted by molar-refractivity contribution is -0.139. The van der Waals surface area contributed by atoms with Crippen LogP contribution in [0.25, 0.3) is 0 Å². The van der Waals surface area contributed by atoms with Crippen LogP contribution in [0.2, 0.25) is 0 Å². The molecule has 0 unspecified atom stereocenters. The van der Waals surface area contributed by atoms with Crippen molar-refractivity contribution in [2.24, 2.45) is 0 Å². The molecule has 23 heavy (non-hydrogen) atoms. The summed E-state index contributed by atoms with van der Waals surface area (Å²) in [6, 6.07) is 6.56. The van der Waals surface area contributed by atoms with Crippen LogP contribution < -0.4 is 5.32 Å². The van der Waals surface area contributed by atoms with Gasteiger partial charge in [0.2, 0.25) is 0 Å². The highest BCUT2D eigenvalue weighted by atomic mass is 19.4. The molecule has 0 amide bonds. The molecule has 0 bridgehead atoms. The summed E-state index contributed by atoms with van der Waals surface area (Å²) in [5, 5.41) is 21.5. The number of allylic oxidation sites excluding steroid dienone is 3. The number of carboxylic acids is 1. The van der Waals surface area contributed by atoms with Gasteiger partial charge in [-0.1, -0.05) is 18.2 Å². The van der Waals surface area contributed by atoms with Gasteiger partial charge < -0.3 is 10.4 Å². The van der Waals surface area contributed by atoms with Crippen molar-refractivity contribution in [1.29, 1.82) is 5.26 Å². The zero-order valence-electron chi connectivity index (χ0n) is 12.3. The van der Waals surface area contributed by atoms with Gasteiger partial charge in [-0.25, -0.2) is 4.79 Å². The largest absolute Gasteiger partial charge is 0.478 e. The second kappa shape index (κ2) is 5.80. The Kier molecular flexibility index (Phi) is 4.19. The highest BCUT2D eigenvalue weighted by Gasteiger charge is 2.40. The third kappa shape index (κ3) is 2.93. The maximum atomic E-state index is 13.3. The summed E-state index contributed by atoms with van der Waals surface area (Å²) in [4.78, 5) is 11.6. The number of halogens is 3. The van der Waals surface area contributed by atoms with Crippen molar-refractivity contribution >= 4 is 5.97 Å². The zero-order valence-corrected chi connectivity index (χ0v) is 12.3. The number of aliphatic carboxylic acids is 1. The lowest BCUT2D eigenvalue weighted by Gasteiger charge is -2.29. The molecule has 1 heterocycles. The second-order valence-electron chi connectivity index (χ2n) is 5.14. The fraction of sp³-hybridized carbons (Fsp3) is 0.250. The minimum absolute atomic E-state index is 0.0373. The number of carbonyl (C=O) groups is 1. The van der Waals surface area contributed by atoms with Gasteiger partial charge in [0.15, 0.2) is 0 Å². The summed E-state index contributed by atoms with van der Waals surface area (Å²) < 4.78 is 39.8. The minimum atomic E-state index is -4.65. The first-order valence-electron chi connectivity index (χ1n) is 6.66. The predicted molar refractivity (Wildman–Crippen MR) is 76.0 cm³/mol. The average molecular weight is 322 g/mol. The van der Waals surface area contributed by atoms with Crippen molar-refractivity contribution in [3.63, 3.8) is 0 Å². The number of nitriles is 1. The number of carboxylic acid groups (broad SMARTS) is 1. The number of nitrogens with one attached hydrogen (secondary N) is 1. The lowest BCUT2D eigenvalue weighted by atomic mass is 9.79. The Morgan fingerprint density at radius 3 is 2.39 bits per heavy atom. The van der Waals surface area contributed by atoms with E-state index in [9.17, 15) is 28.3 Å². The van der Waals surface area contributed by atoms with E-state index >= 15 is 0 Å². The predicted octanol–water partition coefficient (Wildman–Crippen LogP) is 3.55. The Morgan fingerprint density at radius 2 is 1.87 bits per heavy atom. The molecule has 4 nitrogen and oxygen atoms in total. The average Bonchev–Trinajstić information content (AvgIpc) is 2.45. The highest BCUT2D eigenvalue weighted by molar-refractivity contribution is 5.91. The standard InChI is InChI=1S/C16H13F3N2O2/c1-8-11(7-20)14(13(15(22)23)9(2)21-8)10-5-3-4-6-12(10)16(17,18)19/h3-6,14,21H,1-2H3,(H,22,23)/t14-/m1/s1. The molecule has 120 valence electrons. The molecule has 1 aliphatic heterocycles. The molecule has 0 spiro atoms. The van der Waals surface area contributed by atoms with Crippen molar-refractivity contribution in [2.45, 2.75) is 25.9 Å². The molecule has 0 radical (unpaired) electrons. The van der Waals surface area contributed by atoms with E-state index in [-0.39, 0.29) is 22.4 Å². The first kappa shape index (κ1) is 16.6. The Bertz CT molecular complexity index is 770. The Hall–Kier alpha value is -2.75. The molecule has 0 aromatic heterocycles. The maximum absolute atomic E-state index is 13.3. The number of dihydropyridines is 1. The molecular formula is C16H13F3N2O2. The van der Waals surface area contributed by atoms with Crippen molar-refractivity contribution in [3.8, 4) is 6.07 Å². The molecule has 0 aliphatic carbocycles. The van der Waals surface area contributed by atoms with Gasteiger partial charge in [0.1, 0.15) is 0 Å². The normalized spacial score (nSPS) is 18.5. The van der Waals surface area contributed by atoms with Crippen LogP contribution in [-0.4, -0.2) is 11.1 Å². The quantitative estimate of drug-likeness (QED) is 0.873. The van der Waals surface area contributed by atoms with Gasteiger partial charge in [0.25, 0.3) is 0 Å². The topological polar surface area (TPSA) is 73.1 Å². The number of rotatable bonds is 2. The molecule has 1 aliphatic rings. The molecule has 1 aromatic rings. The van der Waals surface area contributed by atoms with E-state index in [2.05, 4.69) is 5.32 Å². The van der Waals surface area contributed by atoms with Crippen LogP contribution in [-0.2, 0) is 11.0 Å². The third-order valence-corrected chi connectivity index (χ3v) is 3.69. The summed E-state index contributed by atoms with van der Waals surface area (Å²) in [6.45, 7) is 2.99. The third-order valence-electron chi connectivity index (χ3n) is 3.69. The summed E-state index contributed by atoms with van der Waals surface area (Å²) in [5.74, 6) is -2.63. The van der Waals surface area contributed by atoms with Crippen LogP contribution in [0.1, 0.15) is 30.9 Å². The van der Waals surface area contributed by atoms with Gasteiger partial charge >= 0.3 is 12.1 Å². The van der Waals surface area contributed by atoms with Crippen LogP contribution in [0.15, 0.2) is 46.8 Å². The lowest BCUT2D eigenvalue weighted by Crippen LogP contribution is -2.28. The van der Waals surface area contributed by atoms with Crippen LogP contribution in [0, 0.1) is 11.3 Å². The summed E-state index contributed by atoms with van der Waals surface area (Å²) in [7, 11) is 0. The van der Waals surface area contributed by atoms with Gasteiger partial charge in [0.05, 0.1) is 28.7 Å². The molecule has 0 fully saturated rings. The second-order valence-corrected chi connectivity index (χ2v) is 5.14. The molecule has 0 saturated carbocycles. The van der Waals surface area contributed by atoms with Crippen LogP contribution in [0.5, 0.6) is 0 Å². The number of hydrogen-bond donors (Lipinski definition) is 2. The molecular weight excluding hydrogens is 309 g/mol. The molecule has 7 heteroatoms. The van der Waals surface area contributed by atoms with Crippen LogP contribution >= 0.6 is 0 Å². The van der Waals surface area contributed by atoms with E-state index in [4.69, 9.17) is 0 Å². The summed E-state index contributed by atoms with van der Waals surface area (Å²) in [5.41, 5.74) is -0.922. The number of benzene rings is 1.